The van der Waals surface area contributed by atoms with Gasteiger partial charge in [0.15, 0.2) is 0 Å². The van der Waals surface area contributed by atoms with E-state index in [1.54, 1.807) is 0 Å². The largest absolute Gasteiger partial charge is 0.493 e. The van der Waals surface area contributed by atoms with Gasteiger partial charge in [-0.1, -0.05) is 49.6 Å². The van der Waals surface area contributed by atoms with E-state index >= 15 is 0 Å². The Hall–Kier alpha value is -1.54. The highest BCUT2D eigenvalue weighted by molar-refractivity contribution is 5.90. The van der Waals surface area contributed by atoms with Crippen LogP contribution in [0.3, 0.4) is 0 Å². The molecule has 2 heteroatoms. The maximum atomic E-state index is 6.17. The summed E-state index contributed by atoms with van der Waals surface area (Å²) in [5, 5.41) is 2.53. The van der Waals surface area contributed by atoms with Gasteiger partial charge >= 0.3 is 0 Å². The number of rotatable bonds is 4. The molecule has 2 aromatic rings. The van der Waals surface area contributed by atoms with Gasteiger partial charge in [-0.25, -0.2) is 0 Å². The third kappa shape index (κ3) is 4.73. The summed E-state index contributed by atoms with van der Waals surface area (Å²) in [6.45, 7) is 4.86. The van der Waals surface area contributed by atoms with Crippen LogP contribution in [0.4, 0.5) is 0 Å². The van der Waals surface area contributed by atoms with Crippen LogP contribution in [0.15, 0.2) is 36.4 Å². The van der Waals surface area contributed by atoms with Crippen LogP contribution < -0.4 is 4.74 Å². The predicted octanol–water partition coefficient (Wildman–Crippen LogP) is 5.90. The number of fused-ring (bicyclic) bond motifs is 1. The molecule has 0 bridgehead atoms. The van der Waals surface area contributed by atoms with E-state index in [0.29, 0.717) is 0 Å². The average molecular weight is 326 g/mol. The second kappa shape index (κ2) is 9.08. The highest BCUT2D eigenvalue weighted by atomic mass is 16.5. The number of ether oxygens (including phenoxy) is 2. The van der Waals surface area contributed by atoms with Crippen molar-refractivity contribution in [3.63, 3.8) is 0 Å². The highest BCUT2D eigenvalue weighted by Crippen LogP contribution is 2.29. The van der Waals surface area contributed by atoms with E-state index < -0.39 is 0 Å². The summed E-state index contributed by atoms with van der Waals surface area (Å²) in [6, 6.07) is 12.8. The summed E-state index contributed by atoms with van der Waals surface area (Å²) in [6.07, 6.45) is 8.83. The standard InChI is InChI=1S/C22H30O2/c1-18-12-13-22(21-11-5-4-10-20(18)21)24-17-14-19-8-3-2-6-15-23-16-7-9-19/h4-5,10-13,19H,2-3,6-9,14-17H2,1H3. The molecule has 1 fully saturated rings. The lowest BCUT2D eigenvalue weighted by Crippen LogP contribution is -2.11. The molecule has 1 aliphatic rings. The molecule has 0 N–H and O–H groups in total. The lowest BCUT2D eigenvalue weighted by Gasteiger charge is -2.19. The SMILES string of the molecule is Cc1ccc(OCCC2CCCCCOCCC2)c2ccccc12. The molecule has 1 saturated heterocycles. The molecule has 0 aliphatic carbocycles. The van der Waals surface area contributed by atoms with E-state index in [1.807, 2.05) is 0 Å². The molecule has 2 aromatic carbocycles. The molecule has 1 atom stereocenters. The molecule has 3 rings (SSSR count). The maximum absolute atomic E-state index is 6.17. The zero-order valence-electron chi connectivity index (χ0n) is 14.9. The van der Waals surface area contributed by atoms with Gasteiger partial charge in [0.2, 0.25) is 0 Å². The Balaban J connectivity index is 1.56. The van der Waals surface area contributed by atoms with Gasteiger partial charge in [-0.15, -0.1) is 0 Å². The van der Waals surface area contributed by atoms with Gasteiger partial charge in [0.05, 0.1) is 6.61 Å². The number of hydrogen-bond acceptors (Lipinski definition) is 2. The Kier molecular flexibility index (Phi) is 6.54. The minimum Gasteiger partial charge on any atom is -0.493 e. The first-order chi connectivity index (χ1) is 11.8. The van der Waals surface area contributed by atoms with Crippen LogP contribution in [0.1, 0.15) is 50.5 Å². The molecule has 130 valence electrons. The molecular formula is C22H30O2. The van der Waals surface area contributed by atoms with Crippen molar-refractivity contribution in [3.8, 4) is 5.75 Å². The van der Waals surface area contributed by atoms with Gasteiger partial charge in [-0.05, 0) is 55.5 Å². The van der Waals surface area contributed by atoms with Crippen molar-refractivity contribution >= 4 is 10.8 Å². The Morgan fingerprint density at radius 1 is 0.917 bits per heavy atom. The molecule has 0 saturated carbocycles. The number of hydrogen-bond donors (Lipinski definition) is 0. The van der Waals surface area contributed by atoms with Gasteiger partial charge in [0.1, 0.15) is 5.75 Å². The fourth-order valence-electron chi connectivity index (χ4n) is 3.71. The summed E-state index contributed by atoms with van der Waals surface area (Å²) >= 11 is 0. The molecule has 1 aliphatic heterocycles. The summed E-state index contributed by atoms with van der Waals surface area (Å²) in [7, 11) is 0. The first-order valence-corrected chi connectivity index (χ1v) is 9.53. The fourth-order valence-corrected chi connectivity index (χ4v) is 3.71. The molecular weight excluding hydrogens is 296 g/mol. The molecule has 1 unspecified atom stereocenters. The Labute approximate surface area is 146 Å². The Bertz CT molecular complexity index is 625. The molecule has 2 nitrogen and oxygen atoms in total. The average Bonchev–Trinajstić information content (AvgIpc) is 2.62. The summed E-state index contributed by atoms with van der Waals surface area (Å²) in [5.74, 6) is 1.81. The maximum Gasteiger partial charge on any atom is 0.127 e. The monoisotopic (exact) mass is 326 g/mol. The predicted molar refractivity (Wildman–Crippen MR) is 101 cm³/mol. The zero-order valence-corrected chi connectivity index (χ0v) is 14.9. The topological polar surface area (TPSA) is 18.5 Å². The van der Waals surface area contributed by atoms with Crippen LogP contribution in [0.5, 0.6) is 5.75 Å². The molecule has 0 spiro atoms. The van der Waals surface area contributed by atoms with Crippen LogP contribution >= 0.6 is 0 Å². The number of benzene rings is 2. The van der Waals surface area contributed by atoms with Crippen LogP contribution in [-0.4, -0.2) is 19.8 Å². The Morgan fingerprint density at radius 3 is 2.62 bits per heavy atom. The van der Waals surface area contributed by atoms with E-state index in [2.05, 4.69) is 43.3 Å². The highest BCUT2D eigenvalue weighted by Gasteiger charge is 2.11. The van der Waals surface area contributed by atoms with Crippen molar-refractivity contribution in [2.75, 3.05) is 19.8 Å². The Morgan fingerprint density at radius 2 is 1.71 bits per heavy atom. The quantitative estimate of drug-likeness (QED) is 0.696. The van der Waals surface area contributed by atoms with E-state index in [-0.39, 0.29) is 0 Å². The molecule has 0 radical (unpaired) electrons. The van der Waals surface area contributed by atoms with Crippen molar-refractivity contribution in [2.45, 2.75) is 51.9 Å². The van der Waals surface area contributed by atoms with Crippen molar-refractivity contribution in [1.82, 2.24) is 0 Å². The van der Waals surface area contributed by atoms with Crippen molar-refractivity contribution < 1.29 is 9.47 Å². The van der Waals surface area contributed by atoms with Crippen LogP contribution in [0.25, 0.3) is 10.8 Å². The third-order valence-electron chi connectivity index (χ3n) is 5.19. The third-order valence-corrected chi connectivity index (χ3v) is 5.19. The van der Waals surface area contributed by atoms with Crippen molar-refractivity contribution in [2.24, 2.45) is 5.92 Å². The first kappa shape index (κ1) is 17.3. The minimum atomic E-state index is 0.781. The van der Waals surface area contributed by atoms with Crippen molar-refractivity contribution in [1.29, 1.82) is 0 Å². The molecule has 0 aromatic heterocycles. The van der Waals surface area contributed by atoms with E-state index in [0.717, 1.165) is 37.9 Å². The van der Waals surface area contributed by atoms with Crippen molar-refractivity contribution in [3.05, 3.63) is 42.0 Å². The lowest BCUT2D eigenvalue weighted by molar-refractivity contribution is 0.115. The lowest BCUT2D eigenvalue weighted by atomic mass is 9.93. The number of aryl methyl sites for hydroxylation is 1. The molecule has 24 heavy (non-hydrogen) atoms. The van der Waals surface area contributed by atoms with Gasteiger partial charge in [-0.2, -0.15) is 0 Å². The molecule has 1 heterocycles. The van der Waals surface area contributed by atoms with Crippen LogP contribution in [0, 0.1) is 12.8 Å². The summed E-state index contributed by atoms with van der Waals surface area (Å²) in [5.41, 5.74) is 1.31. The minimum absolute atomic E-state index is 0.781. The van der Waals surface area contributed by atoms with Gasteiger partial charge < -0.3 is 9.47 Å². The van der Waals surface area contributed by atoms with Gasteiger partial charge in [0.25, 0.3) is 0 Å². The summed E-state index contributed by atoms with van der Waals surface area (Å²) < 4.78 is 11.8. The second-order valence-electron chi connectivity index (χ2n) is 7.03. The van der Waals surface area contributed by atoms with Gasteiger partial charge in [0, 0.05) is 18.6 Å². The first-order valence-electron chi connectivity index (χ1n) is 9.53. The summed E-state index contributed by atoms with van der Waals surface area (Å²) in [4.78, 5) is 0. The van der Waals surface area contributed by atoms with E-state index in [4.69, 9.17) is 9.47 Å². The smallest absolute Gasteiger partial charge is 0.127 e. The zero-order chi connectivity index (χ0) is 16.6. The van der Waals surface area contributed by atoms with E-state index in [1.165, 1.54) is 54.9 Å². The fraction of sp³-hybridized carbons (Fsp3) is 0.545. The van der Waals surface area contributed by atoms with E-state index in [9.17, 15) is 0 Å². The normalized spacial score (nSPS) is 20.0. The molecule has 0 amide bonds. The van der Waals surface area contributed by atoms with Crippen LogP contribution in [0.2, 0.25) is 0 Å². The second-order valence-corrected chi connectivity index (χ2v) is 7.03. The van der Waals surface area contributed by atoms with Gasteiger partial charge in [-0.3, -0.25) is 0 Å². The van der Waals surface area contributed by atoms with Crippen LogP contribution in [-0.2, 0) is 4.74 Å².